The molecular formula is C13H18O4. The van der Waals surface area contributed by atoms with Gasteiger partial charge in [0.25, 0.3) is 0 Å². The number of carboxylic acid groups (broad SMARTS) is 1. The SMILES string of the molecule is COc1ccc(OCCC[C@H](C)C(=O)O)cc1. The Morgan fingerprint density at radius 2 is 1.88 bits per heavy atom. The number of aliphatic carboxylic acids is 1. The van der Waals surface area contributed by atoms with Crippen molar-refractivity contribution in [3.63, 3.8) is 0 Å². The van der Waals surface area contributed by atoms with Crippen molar-refractivity contribution in [2.75, 3.05) is 13.7 Å². The first-order valence-electron chi connectivity index (χ1n) is 5.63. The first-order chi connectivity index (χ1) is 8.13. The average molecular weight is 238 g/mol. The number of hydrogen-bond acceptors (Lipinski definition) is 3. The molecule has 0 unspecified atom stereocenters. The summed E-state index contributed by atoms with van der Waals surface area (Å²) in [4.78, 5) is 10.6. The maximum absolute atomic E-state index is 10.6. The van der Waals surface area contributed by atoms with Crippen molar-refractivity contribution in [2.45, 2.75) is 19.8 Å². The summed E-state index contributed by atoms with van der Waals surface area (Å²) < 4.78 is 10.5. The van der Waals surface area contributed by atoms with Gasteiger partial charge in [-0.3, -0.25) is 4.79 Å². The smallest absolute Gasteiger partial charge is 0.306 e. The number of methoxy groups -OCH3 is 1. The number of ether oxygens (including phenoxy) is 2. The summed E-state index contributed by atoms with van der Waals surface area (Å²) in [7, 11) is 1.61. The van der Waals surface area contributed by atoms with E-state index in [9.17, 15) is 4.79 Å². The van der Waals surface area contributed by atoms with Crippen LogP contribution in [-0.4, -0.2) is 24.8 Å². The van der Waals surface area contributed by atoms with Crippen molar-refractivity contribution in [3.8, 4) is 11.5 Å². The Morgan fingerprint density at radius 3 is 2.41 bits per heavy atom. The van der Waals surface area contributed by atoms with E-state index in [1.54, 1.807) is 14.0 Å². The van der Waals surface area contributed by atoms with Crippen molar-refractivity contribution >= 4 is 5.97 Å². The van der Waals surface area contributed by atoms with Crippen LogP contribution in [0.2, 0.25) is 0 Å². The minimum absolute atomic E-state index is 0.311. The van der Waals surface area contributed by atoms with Gasteiger partial charge in [0.15, 0.2) is 0 Å². The minimum atomic E-state index is -0.755. The third-order valence-electron chi connectivity index (χ3n) is 2.53. The summed E-state index contributed by atoms with van der Waals surface area (Å²) in [6.45, 7) is 2.24. The van der Waals surface area contributed by atoms with Crippen molar-refractivity contribution in [1.29, 1.82) is 0 Å². The zero-order chi connectivity index (χ0) is 12.7. The standard InChI is InChI=1S/C13H18O4/c1-10(13(14)15)4-3-9-17-12-7-5-11(16-2)6-8-12/h5-8,10H,3-4,9H2,1-2H3,(H,14,15)/t10-/m0/s1. The number of carbonyl (C=O) groups is 1. The van der Waals surface area contributed by atoms with Gasteiger partial charge >= 0.3 is 5.97 Å². The second-order valence-corrected chi connectivity index (χ2v) is 3.91. The highest BCUT2D eigenvalue weighted by molar-refractivity contribution is 5.69. The van der Waals surface area contributed by atoms with Crippen molar-refractivity contribution in [2.24, 2.45) is 5.92 Å². The molecule has 0 radical (unpaired) electrons. The molecular weight excluding hydrogens is 220 g/mol. The van der Waals surface area contributed by atoms with Crippen molar-refractivity contribution in [3.05, 3.63) is 24.3 Å². The molecule has 0 aromatic heterocycles. The van der Waals surface area contributed by atoms with Crippen molar-refractivity contribution in [1.82, 2.24) is 0 Å². The lowest BCUT2D eigenvalue weighted by Crippen LogP contribution is -2.10. The number of hydrogen-bond donors (Lipinski definition) is 1. The lowest BCUT2D eigenvalue weighted by atomic mass is 10.1. The largest absolute Gasteiger partial charge is 0.497 e. The van der Waals surface area contributed by atoms with Gasteiger partial charge in [-0.1, -0.05) is 6.92 Å². The van der Waals surface area contributed by atoms with Gasteiger partial charge in [0.1, 0.15) is 11.5 Å². The molecule has 0 aliphatic rings. The molecule has 0 spiro atoms. The van der Waals surface area contributed by atoms with E-state index in [4.69, 9.17) is 14.6 Å². The summed E-state index contributed by atoms with van der Waals surface area (Å²) in [6, 6.07) is 7.32. The molecule has 17 heavy (non-hydrogen) atoms. The van der Waals surface area contributed by atoms with E-state index >= 15 is 0 Å². The molecule has 0 heterocycles. The topological polar surface area (TPSA) is 55.8 Å². The molecule has 0 saturated heterocycles. The second-order valence-electron chi connectivity index (χ2n) is 3.91. The molecule has 1 aromatic carbocycles. The highest BCUT2D eigenvalue weighted by atomic mass is 16.5. The van der Waals surface area contributed by atoms with Crippen LogP contribution in [0.5, 0.6) is 11.5 Å². The van der Waals surface area contributed by atoms with E-state index in [-0.39, 0.29) is 5.92 Å². The summed E-state index contributed by atoms with van der Waals surface area (Å²) in [5.74, 6) is 0.495. The summed E-state index contributed by atoms with van der Waals surface area (Å²) in [5, 5.41) is 8.70. The van der Waals surface area contributed by atoms with Gasteiger partial charge in [0.2, 0.25) is 0 Å². The van der Waals surface area contributed by atoms with E-state index < -0.39 is 5.97 Å². The molecule has 0 saturated carbocycles. The fourth-order valence-corrected chi connectivity index (χ4v) is 1.37. The van der Waals surface area contributed by atoms with E-state index in [0.717, 1.165) is 17.9 Å². The van der Waals surface area contributed by atoms with Gasteiger partial charge in [0, 0.05) is 0 Å². The maximum Gasteiger partial charge on any atom is 0.306 e. The van der Waals surface area contributed by atoms with Gasteiger partial charge in [-0.15, -0.1) is 0 Å². The fourth-order valence-electron chi connectivity index (χ4n) is 1.37. The molecule has 4 heteroatoms. The summed E-state index contributed by atoms with van der Waals surface area (Å²) in [6.07, 6.45) is 1.37. The van der Waals surface area contributed by atoms with Crippen LogP contribution in [0.1, 0.15) is 19.8 Å². The van der Waals surface area contributed by atoms with Gasteiger partial charge in [-0.2, -0.15) is 0 Å². The molecule has 0 aliphatic heterocycles. The zero-order valence-corrected chi connectivity index (χ0v) is 10.2. The molecule has 0 aliphatic carbocycles. The Balaban J connectivity index is 2.24. The Morgan fingerprint density at radius 1 is 1.29 bits per heavy atom. The average Bonchev–Trinajstić information content (AvgIpc) is 2.35. The fraction of sp³-hybridized carbons (Fsp3) is 0.462. The van der Waals surface area contributed by atoms with Crippen LogP contribution < -0.4 is 9.47 Å². The third-order valence-corrected chi connectivity index (χ3v) is 2.53. The Hall–Kier alpha value is -1.71. The predicted octanol–water partition coefficient (Wildman–Crippen LogP) is 2.57. The van der Waals surface area contributed by atoms with Gasteiger partial charge < -0.3 is 14.6 Å². The zero-order valence-electron chi connectivity index (χ0n) is 10.2. The first-order valence-corrected chi connectivity index (χ1v) is 5.63. The Bertz CT molecular complexity index is 345. The van der Waals surface area contributed by atoms with Crippen LogP contribution >= 0.6 is 0 Å². The van der Waals surface area contributed by atoms with Crippen LogP contribution in [0.3, 0.4) is 0 Å². The second kappa shape index (κ2) is 6.78. The normalized spacial score (nSPS) is 11.9. The van der Waals surface area contributed by atoms with E-state index in [1.807, 2.05) is 24.3 Å². The maximum atomic E-state index is 10.6. The number of rotatable bonds is 7. The molecule has 0 fully saturated rings. The highest BCUT2D eigenvalue weighted by Gasteiger charge is 2.09. The lowest BCUT2D eigenvalue weighted by molar-refractivity contribution is -0.141. The molecule has 94 valence electrons. The summed E-state index contributed by atoms with van der Waals surface area (Å²) >= 11 is 0. The van der Waals surface area contributed by atoms with E-state index in [2.05, 4.69) is 0 Å². The minimum Gasteiger partial charge on any atom is -0.497 e. The van der Waals surface area contributed by atoms with Crippen LogP contribution in [0.15, 0.2) is 24.3 Å². The van der Waals surface area contributed by atoms with E-state index in [1.165, 1.54) is 0 Å². The summed E-state index contributed by atoms with van der Waals surface area (Å²) in [5.41, 5.74) is 0. The monoisotopic (exact) mass is 238 g/mol. The molecule has 1 rings (SSSR count). The quantitative estimate of drug-likeness (QED) is 0.742. The van der Waals surface area contributed by atoms with Gasteiger partial charge in [0.05, 0.1) is 19.6 Å². The molecule has 1 N–H and O–H groups in total. The first kappa shape index (κ1) is 13.4. The molecule has 1 aromatic rings. The van der Waals surface area contributed by atoms with Gasteiger partial charge in [-0.05, 0) is 37.1 Å². The highest BCUT2D eigenvalue weighted by Crippen LogP contribution is 2.17. The van der Waals surface area contributed by atoms with Crippen LogP contribution in [0.25, 0.3) is 0 Å². The Labute approximate surface area is 101 Å². The van der Waals surface area contributed by atoms with E-state index in [0.29, 0.717) is 13.0 Å². The third kappa shape index (κ3) is 4.76. The van der Waals surface area contributed by atoms with Crippen molar-refractivity contribution < 1.29 is 19.4 Å². The van der Waals surface area contributed by atoms with Crippen LogP contribution in [-0.2, 0) is 4.79 Å². The van der Waals surface area contributed by atoms with Crippen LogP contribution in [0.4, 0.5) is 0 Å². The number of carboxylic acids is 1. The Kier molecular flexibility index (Phi) is 5.33. The van der Waals surface area contributed by atoms with Crippen LogP contribution in [0, 0.1) is 5.92 Å². The number of benzene rings is 1. The molecule has 4 nitrogen and oxygen atoms in total. The lowest BCUT2D eigenvalue weighted by Gasteiger charge is -2.08. The van der Waals surface area contributed by atoms with Gasteiger partial charge in [-0.25, -0.2) is 0 Å². The molecule has 0 bridgehead atoms. The molecule has 0 amide bonds. The predicted molar refractivity (Wildman–Crippen MR) is 64.5 cm³/mol. The molecule has 1 atom stereocenters.